The lowest BCUT2D eigenvalue weighted by atomic mass is 9.93. The number of rotatable bonds is 21. The molecule has 9 nitrogen and oxygen atoms in total. The van der Waals surface area contributed by atoms with Crippen LogP contribution in [0.5, 0.6) is 0 Å². The minimum Gasteiger partial charge on any atom is -0.361 e. The molecule has 1 saturated carbocycles. The summed E-state index contributed by atoms with van der Waals surface area (Å²) < 4.78 is 5.43. The van der Waals surface area contributed by atoms with Crippen molar-refractivity contribution in [3.63, 3.8) is 0 Å². The van der Waals surface area contributed by atoms with Crippen molar-refractivity contribution in [1.82, 2.24) is 20.9 Å². The van der Waals surface area contributed by atoms with Crippen molar-refractivity contribution in [1.29, 1.82) is 0 Å². The summed E-state index contributed by atoms with van der Waals surface area (Å²) in [4.78, 5) is 57.8. The highest BCUT2D eigenvalue weighted by molar-refractivity contribution is 8.00. The number of Topliss-reactive ketones (excluding diaryl/α,β-unsaturated/α-hetero) is 1. The molecule has 274 valence electrons. The Morgan fingerprint density at radius 2 is 1.44 bits per heavy atom. The molecule has 3 amide bonds. The summed E-state index contributed by atoms with van der Waals surface area (Å²) in [6.07, 6.45) is 3.85. The monoisotopic (exact) mass is 706 g/mol. The quantitative estimate of drug-likeness (QED) is 0.126. The van der Waals surface area contributed by atoms with E-state index in [9.17, 15) is 19.2 Å². The van der Waals surface area contributed by atoms with E-state index in [0.717, 1.165) is 37.1 Å². The van der Waals surface area contributed by atoms with Gasteiger partial charge in [0.15, 0.2) is 5.78 Å². The molecular formula is C40H58N4O5S. The lowest BCUT2D eigenvalue weighted by Crippen LogP contribution is -2.58. The van der Waals surface area contributed by atoms with Crippen LogP contribution < -0.4 is 16.0 Å². The summed E-state index contributed by atoms with van der Waals surface area (Å²) in [5, 5.41) is 8.82. The maximum atomic E-state index is 14.3. The molecule has 1 unspecified atom stereocenters. The molecule has 2 fully saturated rings. The van der Waals surface area contributed by atoms with Gasteiger partial charge < -0.3 is 25.6 Å². The van der Waals surface area contributed by atoms with Crippen molar-refractivity contribution in [3.8, 4) is 0 Å². The van der Waals surface area contributed by atoms with Gasteiger partial charge in [-0.1, -0.05) is 88.4 Å². The zero-order valence-corrected chi connectivity index (χ0v) is 31.8. The Labute approximate surface area is 303 Å². The predicted octanol–water partition coefficient (Wildman–Crippen LogP) is 4.82. The van der Waals surface area contributed by atoms with Crippen LogP contribution in [0.2, 0.25) is 0 Å². The van der Waals surface area contributed by atoms with Crippen LogP contribution in [0.25, 0.3) is 0 Å². The highest BCUT2D eigenvalue weighted by Gasteiger charge is 2.54. The first-order valence-electron chi connectivity index (χ1n) is 18.1. The van der Waals surface area contributed by atoms with Gasteiger partial charge in [0.05, 0.1) is 17.9 Å². The van der Waals surface area contributed by atoms with Gasteiger partial charge in [-0.15, -0.1) is 11.8 Å². The van der Waals surface area contributed by atoms with E-state index in [2.05, 4.69) is 46.8 Å². The molecule has 2 aromatic rings. The average Bonchev–Trinajstić information content (AvgIpc) is 3.98. The highest BCUT2D eigenvalue weighted by Crippen LogP contribution is 2.53. The Hall–Kier alpha value is -3.21. The van der Waals surface area contributed by atoms with Gasteiger partial charge in [0.2, 0.25) is 17.7 Å². The van der Waals surface area contributed by atoms with Crippen LogP contribution in [-0.4, -0.2) is 90.4 Å². The summed E-state index contributed by atoms with van der Waals surface area (Å²) in [5.41, 5.74) is 1.03. The second-order valence-electron chi connectivity index (χ2n) is 15.7. The summed E-state index contributed by atoms with van der Waals surface area (Å²) in [6, 6.07) is 17.2. The average molecular weight is 707 g/mol. The van der Waals surface area contributed by atoms with Crippen LogP contribution in [0.1, 0.15) is 71.4 Å². The number of aryl methyl sites for hydroxylation is 1. The number of hydrogen-bond donors (Lipinski definition) is 3. The second kappa shape index (κ2) is 17.8. The van der Waals surface area contributed by atoms with Gasteiger partial charge in [-0.05, 0) is 93.8 Å². The zero-order chi connectivity index (χ0) is 36.5. The van der Waals surface area contributed by atoms with Crippen molar-refractivity contribution >= 4 is 35.3 Å². The zero-order valence-electron chi connectivity index (χ0n) is 31.0. The van der Waals surface area contributed by atoms with Gasteiger partial charge in [0.1, 0.15) is 17.7 Å². The van der Waals surface area contributed by atoms with E-state index in [4.69, 9.17) is 4.74 Å². The highest BCUT2D eigenvalue weighted by atomic mass is 32.2. The molecule has 1 saturated heterocycles. The van der Waals surface area contributed by atoms with E-state index < -0.39 is 29.6 Å². The van der Waals surface area contributed by atoms with Crippen LogP contribution >= 0.6 is 11.8 Å². The summed E-state index contributed by atoms with van der Waals surface area (Å²) in [5.74, 6) is -0.196. The van der Waals surface area contributed by atoms with Crippen molar-refractivity contribution in [2.24, 2.45) is 17.3 Å². The number of carbonyl (C=O) groups is 4. The van der Waals surface area contributed by atoms with Crippen molar-refractivity contribution in [2.75, 3.05) is 33.0 Å². The maximum absolute atomic E-state index is 14.3. The van der Waals surface area contributed by atoms with Gasteiger partial charge in [-0.2, -0.15) is 0 Å². The molecule has 6 atom stereocenters. The number of ether oxygens (including phenoxy) is 1. The Morgan fingerprint density at radius 1 is 0.860 bits per heavy atom. The van der Waals surface area contributed by atoms with E-state index in [-0.39, 0.29) is 46.5 Å². The Balaban J connectivity index is 1.52. The fourth-order valence-corrected chi connectivity index (χ4v) is 7.51. The number of amides is 3. The number of epoxide rings is 1. The molecule has 1 heterocycles. The van der Waals surface area contributed by atoms with Crippen molar-refractivity contribution < 1.29 is 23.9 Å². The number of ketones is 1. The summed E-state index contributed by atoms with van der Waals surface area (Å²) in [7, 11) is 4.08. The van der Waals surface area contributed by atoms with E-state index in [1.54, 1.807) is 18.7 Å². The van der Waals surface area contributed by atoms with E-state index in [0.29, 0.717) is 19.4 Å². The molecule has 0 aromatic heterocycles. The second-order valence-corrected chi connectivity index (χ2v) is 17.0. The number of thioether (sulfide) groups is 1. The van der Waals surface area contributed by atoms with E-state index in [1.165, 1.54) is 5.56 Å². The lowest BCUT2D eigenvalue weighted by Gasteiger charge is -2.28. The van der Waals surface area contributed by atoms with Gasteiger partial charge in [-0.25, -0.2) is 0 Å². The van der Waals surface area contributed by atoms with Gasteiger partial charge in [0.25, 0.3) is 0 Å². The third-order valence-electron chi connectivity index (χ3n) is 9.83. The minimum atomic E-state index is -0.948. The molecule has 0 bridgehead atoms. The Kier molecular flexibility index (Phi) is 14.1. The SMILES string of the molecule is CC(C)C[C@H](NC(=O)[C@H](Cc1ccccc1)NC(=O)[C@@H](NC(=O)[C@H](CCc1ccccc1)SCCCN(C)C)C1CC1(C)C)C(=O)[C@@]1(C)CO1. The number of benzene rings is 2. The molecule has 2 aliphatic rings. The van der Waals surface area contributed by atoms with Gasteiger partial charge in [0, 0.05) is 6.42 Å². The molecule has 3 N–H and O–H groups in total. The van der Waals surface area contributed by atoms with Gasteiger partial charge >= 0.3 is 0 Å². The number of nitrogens with zero attached hydrogens (tertiary/aromatic N) is 1. The van der Waals surface area contributed by atoms with E-state index in [1.807, 2.05) is 76.5 Å². The molecule has 50 heavy (non-hydrogen) atoms. The Bertz CT molecular complexity index is 1430. The van der Waals surface area contributed by atoms with Crippen LogP contribution in [0.4, 0.5) is 0 Å². The van der Waals surface area contributed by atoms with E-state index >= 15 is 0 Å². The Morgan fingerprint density at radius 3 is 1.98 bits per heavy atom. The molecule has 10 heteroatoms. The van der Waals surface area contributed by atoms with Crippen molar-refractivity contribution in [3.05, 3.63) is 71.8 Å². The third-order valence-corrected chi connectivity index (χ3v) is 11.2. The maximum Gasteiger partial charge on any atom is 0.243 e. The van der Waals surface area contributed by atoms with Crippen LogP contribution in [-0.2, 0) is 36.8 Å². The summed E-state index contributed by atoms with van der Waals surface area (Å²) in [6.45, 7) is 11.2. The van der Waals surface area contributed by atoms with Crippen LogP contribution in [0, 0.1) is 17.3 Å². The fraction of sp³-hybridized carbons (Fsp3) is 0.600. The smallest absolute Gasteiger partial charge is 0.243 e. The van der Waals surface area contributed by atoms with Crippen LogP contribution in [0.15, 0.2) is 60.7 Å². The molecule has 0 radical (unpaired) electrons. The first-order valence-corrected chi connectivity index (χ1v) is 19.2. The molecule has 4 rings (SSSR count). The summed E-state index contributed by atoms with van der Waals surface area (Å²) >= 11 is 1.64. The normalized spacial score (nSPS) is 21.5. The fourth-order valence-electron chi connectivity index (χ4n) is 6.43. The topological polar surface area (TPSA) is 120 Å². The first kappa shape index (κ1) is 39.6. The number of nitrogens with one attached hydrogen (secondary N) is 3. The van der Waals surface area contributed by atoms with Crippen LogP contribution in [0.3, 0.4) is 0 Å². The predicted molar refractivity (Wildman–Crippen MR) is 201 cm³/mol. The van der Waals surface area contributed by atoms with Gasteiger partial charge in [-0.3, -0.25) is 19.2 Å². The third kappa shape index (κ3) is 11.9. The molecule has 2 aromatic carbocycles. The molecular weight excluding hydrogens is 649 g/mol. The van der Waals surface area contributed by atoms with Crippen molar-refractivity contribution in [2.45, 2.75) is 102 Å². The first-order chi connectivity index (χ1) is 23.7. The standard InChI is InChI=1S/C40H58N4O5S/c1-27(2)23-31(35(45)40(5)26-49-40)41-36(46)32(24-29-17-12-9-13-18-29)42-38(48)34(30-25-39(30,3)4)43-37(47)33(50-22-14-21-44(6)7)20-19-28-15-10-8-11-16-28/h8-13,15-18,27,30-34H,14,19-26H2,1-7H3,(H,41,46)(H,42,48)(H,43,47)/t30?,31-,32-,33-,34-,40+/m0/s1. The molecule has 1 aliphatic carbocycles. The molecule has 1 aliphatic heterocycles. The number of hydrogen-bond acceptors (Lipinski definition) is 7. The minimum absolute atomic E-state index is 0.0670. The largest absolute Gasteiger partial charge is 0.361 e. The lowest BCUT2D eigenvalue weighted by molar-refractivity contribution is -0.134. The molecule has 0 spiro atoms. The number of carbonyl (C=O) groups excluding carboxylic acids is 4.